The van der Waals surface area contributed by atoms with Crippen LogP contribution in [0.25, 0.3) is 0 Å². The molecule has 0 fully saturated rings. The Bertz CT molecular complexity index is 427. The van der Waals surface area contributed by atoms with Gasteiger partial charge in [-0.3, -0.25) is 4.79 Å². The first-order chi connectivity index (χ1) is 8.97. The quantitative estimate of drug-likeness (QED) is 0.799. The van der Waals surface area contributed by atoms with Crippen molar-refractivity contribution in [3.05, 3.63) is 29.3 Å². The summed E-state index contributed by atoms with van der Waals surface area (Å²) in [5, 5.41) is 3.07. The van der Waals surface area contributed by atoms with Crippen LogP contribution in [-0.4, -0.2) is 26.5 Å². The van der Waals surface area contributed by atoms with E-state index in [-0.39, 0.29) is 5.91 Å². The molecule has 0 heterocycles. The van der Waals surface area contributed by atoms with Gasteiger partial charge in [0.05, 0.1) is 0 Å². The molecule has 1 N–H and O–H groups in total. The maximum absolute atomic E-state index is 12.1. The fraction of sp³-hybridized carbons (Fsp3) is 0.562. The molecule has 0 bridgehead atoms. The summed E-state index contributed by atoms with van der Waals surface area (Å²) < 4.78 is 0. The number of rotatable bonds is 6. The number of carbonyl (C=O) groups is 1. The van der Waals surface area contributed by atoms with Crippen molar-refractivity contribution >= 4 is 11.6 Å². The Kier molecular flexibility index (Phi) is 6.03. The average molecular weight is 262 g/mol. The van der Waals surface area contributed by atoms with Gasteiger partial charge in [0, 0.05) is 19.2 Å². The van der Waals surface area contributed by atoms with Gasteiger partial charge in [-0.05, 0) is 50.0 Å². The summed E-state index contributed by atoms with van der Waals surface area (Å²) in [7, 11) is 3.78. The lowest BCUT2D eigenvalue weighted by Gasteiger charge is -2.21. The molecule has 1 rings (SSSR count). The van der Waals surface area contributed by atoms with Gasteiger partial charge in [-0.15, -0.1) is 0 Å². The molecule has 3 heteroatoms. The predicted octanol–water partition coefficient (Wildman–Crippen LogP) is 3.08. The highest BCUT2D eigenvalue weighted by molar-refractivity contribution is 5.93. The Balaban J connectivity index is 2.83. The maximum Gasteiger partial charge on any atom is 0.226 e. The molecule has 0 aliphatic rings. The summed E-state index contributed by atoms with van der Waals surface area (Å²) in [6.45, 7) is 7.27. The lowest BCUT2D eigenvalue weighted by atomic mass is 10.00. The lowest BCUT2D eigenvalue weighted by molar-refractivity contribution is -0.118. The number of nitrogens with one attached hydrogen (secondary N) is 1. The highest BCUT2D eigenvalue weighted by Gasteiger charge is 2.13. The fourth-order valence-electron chi connectivity index (χ4n) is 2.07. The van der Waals surface area contributed by atoms with Crippen LogP contribution >= 0.6 is 0 Å². The molecule has 1 aromatic carbocycles. The number of amides is 1. The van der Waals surface area contributed by atoms with E-state index in [1.807, 2.05) is 14.1 Å². The monoisotopic (exact) mass is 262 g/mol. The van der Waals surface area contributed by atoms with E-state index in [2.05, 4.69) is 44.3 Å². The molecule has 19 heavy (non-hydrogen) atoms. The molecule has 0 atom stereocenters. The van der Waals surface area contributed by atoms with E-state index in [9.17, 15) is 4.79 Å². The van der Waals surface area contributed by atoms with Gasteiger partial charge >= 0.3 is 0 Å². The molecule has 3 nitrogen and oxygen atoms in total. The average Bonchev–Trinajstić information content (AvgIpc) is 2.38. The van der Waals surface area contributed by atoms with E-state index in [0.29, 0.717) is 12.3 Å². The molecule has 0 aliphatic carbocycles. The van der Waals surface area contributed by atoms with Crippen LogP contribution in [0.4, 0.5) is 5.69 Å². The van der Waals surface area contributed by atoms with Crippen LogP contribution in [0, 0.1) is 6.92 Å². The van der Waals surface area contributed by atoms with Crippen molar-refractivity contribution in [1.29, 1.82) is 0 Å². The van der Waals surface area contributed by atoms with Crippen molar-refractivity contribution in [3.63, 3.8) is 0 Å². The number of benzene rings is 1. The van der Waals surface area contributed by atoms with Crippen molar-refractivity contribution in [2.75, 3.05) is 25.5 Å². The van der Waals surface area contributed by atoms with Gasteiger partial charge in [-0.25, -0.2) is 0 Å². The molecule has 0 unspecified atom stereocenters. The highest BCUT2D eigenvalue weighted by atomic mass is 16.2. The van der Waals surface area contributed by atoms with Crippen LogP contribution in [0.1, 0.15) is 43.7 Å². The largest absolute Gasteiger partial charge is 0.320 e. The Hall–Kier alpha value is -1.35. The minimum Gasteiger partial charge on any atom is -0.320 e. The molecule has 0 aliphatic heterocycles. The molecule has 0 saturated heterocycles. The first-order valence-corrected chi connectivity index (χ1v) is 6.99. The van der Waals surface area contributed by atoms with Crippen molar-refractivity contribution in [2.45, 2.75) is 39.5 Å². The summed E-state index contributed by atoms with van der Waals surface area (Å²) in [6, 6.07) is 6.38. The number of aryl methyl sites for hydroxylation is 1. The van der Waals surface area contributed by atoms with Crippen LogP contribution in [0.15, 0.2) is 18.2 Å². The van der Waals surface area contributed by atoms with Gasteiger partial charge in [0.1, 0.15) is 0 Å². The zero-order valence-corrected chi connectivity index (χ0v) is 12.8. The van der Waals surface area contributed by atoms with Crippen molar-refractivity contribution in [2.24, 2.45) is 0 Å². The minimum atomic E-state index is 0.180. The van der Waals surface area contributed by atoms with Crippen molar-refractivity contribution in [1.82, 2.24) is 5.32 Å². The van der Waals surface area contributed by atoms with E-state index in [0.717, 1.165) is 24.2 Å². The standard InChI is InChI=1S/C16H26N2O/c1-12(2)14-9-8-13(3)15(11-14)18(5)16(19)7-6-10-17-4/h8-9,11-12,17H,6-7,10H2,1-5H3. The van der Waals surface area contributed by atoms with Crippen LogP contribution in [0.3, 0.4) is 0 Å². The van der Waals surface area contributed by atoms with Gasteiger partial charge in [-0.2, -0.15) is 0 Å². The third kappa shape index (κ3) is 4.35. The van der Waals surface area contributed by atoms with Gasteiger partial charge in [0.25, 0.3) is 0 Å². The summed E-state index contributed by atoms with van der Waals surface area (Å²) in [5.41, 5.74) is 3.45. The van der Waals surface area contributed by atoms with Crippen molar-refractivity contribution < 1.29 is 4.79 Å². The summed E-state index contributed by atoms with van der Waals surface area (Å²) >= 11 is 0. The summed E-state index contributed by atoms with van der Waals surface area (Å²) in [5.74, 6) is 0.659. The molecule has 1 aromatic rings. The maximum atomic E-state index is 12.1. The molecule has 0 saturated carbocycles. The molecule has 0 spiro atoms. The van der Waals surface area contributed by atoms with E-state index in [1.165, 1.54) is 5.56 Å². The number of hydrogen-bond acceptors (Lipinski definition) is 2. The Morgan fingerprint density at radius 3 is 2.63 bits per heavy atom. The predicted molar refractivity (Wildman–Crippen MR) is 81.8 cm³/mol. The summed E-state index contributed by atoms with van der Waals surface area (Å²) in [4.78, 5) is 13.9. The molecule has 106 valence electrons. The second-order valence-corrected chi connectivity index (χ2v) is 5.36. The first-order valence-electron chi connectivity index (χ1n) is 6.99. The number of nitrogens with zero attached hydrogens (tertiary/aromatic N) is 1. The van der Waals surface area contributed by atoms with E-state index in [1.54, 1.807) is 4.90 Å². The van der Waals surface area contributed by atoms with E-state index < -0.39 is 0 Å². The SMILES string of the molecule is CNCCCC(=O)N(C)c1cc(C(C)C)ccc1C. The zero-order valence-electron chi connectivity index (χ0n) is 12.8. The molecular formula is C16H26N2O. The Morgan fingerprint density at radius 2 is 2.05 bits per heavy atom. The minimum absolute atomic E-state index is 0.180. The first kappa shape index (κ1) is 15.7. The van der Waals surface area contributed by atoms with Gasteiger partial charge in [0.15, 0.2) is 0 Å². The number of hydrogen-bond donors (Lipinski definition) is 1. The topological polar surface area (TPSA) is 32.3 Å². The van der Waals surface area contributed by atoms with E-state index in [4.69, 9.17) is 0 Å². The number of anilines is 1. The normalized spacial score (nSPS) is 10.8. The second kappa shape index (κ2) is 7.29. The molecule has 1 amide bonds. The zero-order chi connectivity index (χ0) is 14.4. The van der Waals surface area contributed by atoms with Gasteiger partial charge < -0.3 is 10.2 Å². The van der Waals surface area contributed by atoms with Crippen LogP contribution in [-0.2, 0) is 4.79 Å². The third-order valence-corrected chi connectivity index (χ3v) is 3.45. The fourth-order valence-corrected chi connectivity index (χ4v) is 2.07. The van der Waals surface area contributed by atoms with Gasteiger partial charge in [0.2, 0.25) is 5.91 Å². The molecular weight excluding hydrogens is 236 g/mol. The van der Waals surface area contributed by atoms with Gasteiger partial charge in [-0.1, -0.05) is 26.0 Å². The third-order valence-electron chi connectivity index (χ3n) is 3.45. The van der Waals surface area contributed by atoms with Crippen molar-refractivity contribution in [3.8, 4) is 0 Å². The number of carbonyl (C=O) groups excluding carboxylic acids is 1. The summed E-state index contributed by atoms with van der Waals surface area (Å²) in [6.07, 6.45) is 1.46. The molecule has 0 radical (unpaired) electrons. The Labute approximate surface area is 117 Å². The van der Waals surface area contributed by atoms with Crippen LogP contribution < -0.4 is 10.2 Å². The van der Waals surface area contributed by atoms with E-state index >= 15 is 0 Å². The molecule has 0 aromatic heterocycles. The van der Waals surface area contributed by atoms with Crippen LogP contribution in [0.5, 0.6) is 0 Å². The smallest absolute Gasteiger partial charge is 0.226 e. The second-order valence-electron chi connectivity index (χ2n) is 5.36. The van der Waals surface area contributed by atoms with Crippen LogP contribution in [0.2, 0.25) is 0 Å². The lowest BCUT2D eigenvalue weighted by Crippen LogP contribution is -2.27. The Morgan fingerprint density at radius 1 is 1.37 bits per heavy atom. The highest BCUT2D eigenvalue weighted by Crippen LogP contribution is 2.25.